The van der Waals surface area contributed by atoms with Crippen molar-refractivity contribution in [1.29, 1.82) is 5.26 Å². The lowest BCUT2D eigenvalue weighted by Crippen LogP contribution is -2.49. The van der Waals surface area contributed by atoms with E-state index in [0.717, 1.165) is 4.90 Å². The predicted molar refractivity (Wildman–Crippen MR) is 125 cm³/mol. The first-order chi connectivity index (χ1) is 16.6. The second kappa shape index (κ2) is 9.35. The summed E-state index contributed by atoms with van der Waals surface area (Å²) in [5.41, 5.74) is 1.18. The first-order valence-electron chi connectivity index (χ1n) is 10.9. The van der Waals surface area contributed by atoms with Crippen LogP contribution in [0.5, 0.6) is 0 Å². The number of sulfone groups is 1. The standard InChI is InChI=1S/C25H22N2O7S/c1-3-33-25(30)17-6-4-16(5-7-17)22-9-8-19(34-22)12-20-15(2)21(13-26)24(29)27(23(20)28)18-10-11-35(31,32)14-18/h4-9,12,18H,3,10-11,14H2,1-2H3/b20-12-. The second-order valence-electron chi connectivity index (χ2n) is 8.21. The molecule has 35 heavy (non-hydrogen) atoms. The Hall–Kier alpha value is -3.97. The molecular formula is C25H22N2O7S. The quantitative estimate of drug-likeness (QED) is 0.352. The average molecular weight is 495 g/mol. The smallest absolute Gasteiger partial charge is 0.338 e. The lowest BCUT2D eigenvalue weighted by molar-refractivity contribution is -0.142. The Balaban J connectivity index is 1.65. The summed E-state index contributed by atoms with van der Waals surface area (Å²) in [6, 6.07) is 11.0. The lowest BCUT2D eigenvalue weighted by Gasteiger charge is -2.31. The highest BCUT2D eigenvalue weighted by Crippen LogP contribution is 2.32. The molecule has 4 rings (SSSR count). The molecule has 0 N–H and O–H groups in total. The van der Waals surface area contributed by atoms with E-state index in [4.69, 9.17) is 9.15 Å². The SMILES string of the molecule is CCOC(=O)c1ccc(-c2ccc(/C=C3\C(=O)N(C4CCS(=O)(=O)C4)C(=O)C(C#N)=C3C)o2)cc1. The number of carbonyl (C=O) groups excluding carboxylic acids is 3. The molecule has 0 aliphatic carbocycles. The third-order valence-corrected chi connectivity index (χ3v) is 7.69. The lowest BCUT2D eigenvalue weighted by atomic mass is 9.93. The molecule has 2 amide bonds. The van der Waals surface area contributed by atoms with Crippen LogP contribution in [0, 0.1) is 11.3 Å². The van der Waals surface area contributed by atoms with Crippen LogP contribution in [-0.4, -0.2) is 55.3 Å². The third kappa shape index (κ3) is 4.68. The van der Waals surface area contributed by atoms with Gasteiger partial charge in [-0.05, 0) is 56.2 Å². The molecule has 1 fully saturated rings. The van der Waals surface area contributed by atoms with Crippen LogP contribution in [0.25, 0.3) is 17.4 Å². The fraction of sp³-hybridized carbons (Fsp3) is 0.280. The van der Waals surface area contributed by atoms with E-state index in [1.54, 1.807) is 43.3 Å². The van der Waals surface area contributed by atoms with Crippen molar-refractivity contribution in [2.45, 2.75) is 26.3 Å². The van der Waals surface area contributed by atoms with Crippen molar-refractivity contribution in [2.75, 3.05) is 18.1 Å². The minimum atomic E-state index is -3.36. The Morgan fingerprint density at radius 1 is 1.20 bits per heavy atom. The number of rotatable bonds is 5. The van der Waals surface area contributed by atoms with Crippen LogP contribution in [0.3, 0.4) is 0 Å². The topological polar surface area (TPSA) is 135 Å². The molecule has 0 saturated carbocycles. The molecule has 9 nitrogen and oxygen atoms in total. The maximum Gasteiger partial charge on any atom is 0.338 e. The third-order valence-electron chi connectivity index (χ3n) is 5.94. The summed E-state index contributed by atoms with van der Waals surface area (Å²) in [6.07, 6.45) is 1.58. The summed E-state index contributed by atoms with van der Waals surface area (Å²) in [6.45, 7) is 3.50. The van der Waals surface area contributed by atoms with Gasteiger partial charge in [-0.2, -0.15) is 5.26 Å². The predicted octanol–water partition coefficient (Wildman–Crippen LogP) is 2.90. The van der Waals surface area contributed by atoms with Crippen molar-refractivity contribution in [3.05, 3.63) is 64.4 Å². The molecule has 0 spiro atoms. The summed E-state index contributed by atoms with van der Waals surface area (Å²) in [4.78, 5) is 38.8. The maximum absolute atomic E-state index is 13.3. The van der Waals surface area contributed by atoms with Gasteiger partial charge >= 0.3 is 5.97 Å². The number of carbonyl (C=O) groups is 3. The monoisotopic (exact) mass is 494 g/mol. The molecule has 1 aromatic heterocycles. The molecule has 1 atom stereocenters. The van der Waals surface area contributed by atoms with Crippen molar-refractivity contribution in [3.8, 4) is 17.4 Å². The van der Waals surface area contributed by atoms with Gasteiger partial charge < -0.3 is 9.15 Å². The van der Waals surface area contributed by atoms with Crippen molar-refractivity contribution >= 4 is 33.7 Å². The van der Waals surface area contributed by atoms with Gasteiger partial charge in [0.2, 0.25) is 0 Å². The van der Waals surface area contributed by atoms with Gasteiger partial charge in [-0.15, -0.1) is 0 Å². The molecular weight excluding hydrogens is 472 g/mol. The van der Waals surface area contributed by atoms with E-state index in [9.17, 15) is 28.1 Å². The highest BCUT2D eigenvalue weighted by atomic mass is 32.2. The van der Waals surface area contributed by atoms with Gasteiger partial charge in [0.05, 0.1) is 29.7 Å². The molecule has 3 heterocycles. The number of imide groups is 1. The van der Waals surface area contributed by atoms with Crippen molar-refractivity contribution in [2.24, 2.45) is 0 Å². The van der Waals surface area contributed by atoms with Crippen LogP contribution in [0.1, 0.15) is 36.4 Å². The average Bonchev–Trinajstić information content (AvgIpc) is 3.43. The molecule has 1 aromatic carbocycles. The molecule has 2 aromatic rings. The molecule has 2 aliphatic heterocycles. The Morgan fingerprint density at radius 3 is 2.51 bits per heavy atom. The number of hydrogen-bond acceptors (Lipinski definition) is 8. The fourth-order valence-corrected chi connectivity index (χ4v) is 5.82. The van der Waals surface area contributed by atoms with E-state index in [0.29, 0.717) is 22.6 Å². The van der Waals surface area contributed by atoms with E-state index >= 15 is 0 Å². The molecule has 10 heteroatoms. The number of benzene rings is 1. The minimum absolute atomic E-state index is 0.0870. The molecule has 1 saturated heterocycles. The highest BCUT2D eigenvalue weighted by molar-refractivity contribution is 7.91. The Labute approximate surface area is 202 Å². The van der Waals surface area contributed by atoms with E-state index < -0.39 is 33.7 Å². The second-order valence-corrected chi connectivity index (χ2v) is 10.4. The van der Waals surface area contributed by atoms with E-state index in [-0.39, 0.29) is 41.3 Å². The van der Waals surface area contributed by atoms with Crippen LogP contribution in [0.15, 0.2) is 57.5 Å². The molecule has 180 valence electrons. The zero-order valence-corrected chi connectivity index (χ0v) is 19.9. The fourth-order valence-electron chi connectivity index (χ4n) is 4.12. The molecule has 2 aliphatic rings. The van der Waals surface area contributed by atoms with Crippen LogP contribution in [0.4, 0.5) is 0 Å². The van der Waals surface area contributed by atoms with Crippen LogP contribution in [0.2, 0.25) is 0 Å². The maximum atomic E-state index is 13.3. The molecule has 0 radical (unpaired) electrons. The number of ether oxygens (including phenoxy) is 1. The number of furan rings is 1. The number of hydrogen-bond donors (Lipinski definition) is 0. The number of amides is 2. The number of nitriles is 1. The van der Waals surface area contributed by atoms with Crippen molar-refractivity contribution < 1.29 is 32.0 Å². The van der Waals surface area contributed by atoms with E-state index in [1.165, 1.54) is 13.0 Å². The summed E-state index contributed by atoms with van der Waals surface area (Å²) in [5.74, 6) is -1.52. The van der Waals surface area contributed by atoms with Gasteiger partial charge in [0, 0.05) is 11.1 Å². The van der Waals surface area contributed by atoms with Gasteiger partial charge in [0.1, 0.15) is 23.2 Å². The molecule has 1 unspecified atom stereocenters. The van der Waals surface area contributed by atoms with Crippen LogP contribution >= 0.6 is 0 Å². The summed E-state index contributed by atoms with van der Waals surface area (Å²) >= 11 is 0. The van der Waals surface area contributed by atoms with Crippen LogP contribution < -0.4 is 0 Å². The van der Waals surface area contributed by atoms with Crippen molar-refractivity contribution in [1.82, 2.24) is 4.90 Å². The zero-order chi connectivity index (χ0) is 25.3. The number of nitrogens with zero attached hydrogens (tertiary/aromatic N) is 2. The Morgan fingerprint density at radius 2 is 1.91 bits per heavy atom. The summed E-state index contributed by atoms with van der Waals surface area (Å²) in [5, 5.41) is 9.54. The van der Waals surface area contributed by atoms with Crippen molar-refractivity contribution in [3.63, 3.8) is 0 Å². The summed E-state index contributed by atoms with van der Waals surface area (Å²) < 4.78 is 34.7. The Bertz CT molecular complexity index is 1420. The normalized spacial score (nSPS) is 20.9. The Kier molecular flexibility index (Phi) is 6.45. The summed E-state index contributed by atoms with van der Waals surface area (Å²) in [7, 11) is -3.36. The zero-order valence-electron chi connectivity index (χ0n) is 19.1. The van der Waals surface area contributed by atoms with Gasteiger partial charge in [-0.3, -0.25) is 14.5 Å². The van der Waals surface area contributed by atoms with Gasteiger partial charge in [0.15, 0.2) is 9.84 Å². The van der Waals surface area contributed by atoms with Crippen LogP contribution in [-0.2, 0) is 24.2 Å². The highest BCUT2D eigenvalue weighted by Gasteiger charge is 2.43. The van der Waals surface area contributed by atoms with E-state index in [2.05, 4.69) is 0 Å². The number of esters is 1. The molecule has 0 bridgehead atoms. The van der Waals surface area contributed by atoms with Gasteiger partial charge in [-0.25, -0.2) is 13.2 Å². The van der Waals surface area contributed by atoms with Gasteiger partial charge in [-0.1, -0.05) is 12.1 Å². The first-order valence-corrected chi connectivity index (χ1v) is 12.8. The first kappa shape index (κ1) is 24.2. The van der Waals surface area contributed by atoms with Gasteiger partial charge in [0.25, 0.3) is 11.8 Å². The van der Waals surface area contributed by atoms with E-state index in [1.807, 2.05) is 6.07 Å². The largest absolute Gasteiger partial charge is 0.462 e. The minimum Gasteiger partial charge on any atom is -0.462 e.